The van der Waals surface area contributed by atoms with Gasteiger partial charge in [-0.3, -0.25) is 4.90 Å². The highest BCUT2D eigenvalue weighted by Gasteiger charge is 2.26. The van der Waals surface area contributed by atoms with Crippen LogP contribution in [0.3, 0.4) is 0 Å². The van der Waals surface area contributed by atoms with Gasteiger partial charge in [-0.1, -0.05) is 12.1 Å². The van der Waals surface area contributed by atoms with Crippen LogP contribution in [0.25, 0.3) is 11.1 Å². The minimum Gasteiger partial charge on any atom is -0.492 e. The molecule has 9 heteroatoms. The topological polar surface area (TPSA) is 85.1 Å². The number of sulfonamides is 1. The van der Waals surface area contributed by atoms with Crippen LogP contribution in [0.5, 0.6) is 5.75 Å². The quantitative estimate of drug-likeness (QED) is 0.523. The fraction of sp³-hybridized carbons (Fsp3) is 0.458. The molecule has 0 amide bonds. The molecule has 5 rings (SSSR count). The molecule has 2 fully saturated rings. The third-order valence-electron chi connectivity index (χ3n) is 6.36. The van der Waals surface area contributed by atoms with Gasteiger partial charge in [0, 0.05) is 25.6 Å². The molecule has 1 aromatic heterocycles. The lowest BCUT2D eigenvalue weighted by atomic mass is 9.97. The maximum Gasteiger partial charge on any atom is 0.243 e. The first-order valence-corrected chi connectivity index (χ1v) is 12.9. The molecule has 0 N–H and O–H groups in total. The van der Waals surface area contributed by atoms with E-state index in [1.54, 1.807) is 24.3 Å². The lowest BCUT2D eigenvalue weighted by molar-refractivity contribution is 0.0730. The molecule has 2 saturated heterocycles. The second-order valence-electron chi connectivity index (χ2n) is 8.47. The number of ether oxygens (including phenoxy) is 2. The molecule has 8 nitrogen and oxygen atoms in total. The maximum atomic E-state index is 12.7. The van der Waals surface area contributed by atoms with E-state index in [-0.39, 0.29) is 4.90 Å². The number of piperidine rings is 1. The fourth-order valence-corrected chi connectivity index (χ4v) is 5.81. The van der Waals surface area contributed by atoms with E-state index in [4.69, 9.17) is 13.9 Å². The summed E-state index contributed by atoms with van der Waals surface area (Å²) in [6.07, 6.45) is 2.03. The molecule has 2 aliphatic heterocycles. The monoisotopic (exact) mass is 471 g/mol. The normalized spacial score (nSPS) is 19.2. The zero-order valence-electron chi connectivity index (χ0n) is 18.6. The molecule has 2 aliphatic rings. The highest BCUT2D eigenvalue weighted by molar-refractivity contribution is 7.89. The molecule has 0 unspecified atom stereocenters. The Labute approximate surface area is 194 Å². The molecule has 0 saturated carbocycles. The number of hydrogen-bond donors (Lipinski definition) is 0. The van der Waals surface area contributed by atoms with Crippen molar-refractivity contribution in [3.63, 3.8) is 0 Å². The maximum absolute atomic E-state index is 12.7. The summed E-state index contributed by atoms with van der Waals surface area (Å²) in [5, 5.41) is 0. The number of nitrogens with zero attached hydrogens (tertiary/aromatic N) is 3. The predicted octanol–water partition coefficient (Wildman–Crippen LogP) is 3.11. The van der Waals surface area contributed by atoms with E-state index >= 15 is 0 Å². The summed E-state index contributed by atoms with van der Waals surface area (Å²) < 4.78 is 44.0. The fourth-order valence-electron chi connectivity index (χ4n) is 4.40. The molecular weight excluding hydrogens is 442 g/mol. The first-order chi connectivity index (χ1) is 16.1. The van der Waals surface area contributed by atoms with Gasteiger partial charge in [0.05, 0.1) is 18.1 Å². The zero-order valence-corrected chi connectivity index (χ0v) is 19.4. The molecule has 0 spiro atoms. The Bertz CT molecular complexity index is 1130. The minimum absolute atomic E-state index is 0.290. The standard InChI is InChI=1S/C24H29N3O5S/c28-33(29,27-14-16-30-17-15-27)21-7-5-20(6-8-21)31-18-13-26-11-9-19(10-12-26)24-25-22-3-1-2-4-23(22)32-24/h1-8,19H,9-18H2. The summed E-state index contributed by atoms with van der Waals surface area (Å²) in [5.41, 5.74) is 1.78. The Hall–Kier alpha value is -2.46. The van der Waals surface area contributed by atoms with Crippen LogP contribution in [-0.2, 0) is 14.8 Å². The van der Waals surface area contributed by atoms with Crippen LogP contribution in [-0.4, -0.2) is 75.2 Å². The number of oxazole rings is 1. The van der Waals surface area contributed by atoms with Gasteiger partial charge in [0.15, 0.2) is 11.5 Å². The number of hydrogen-bond acceptors (Lipinski definition) is 7. The van der Waals surface area contributed by atoms with E-state index in [0.717, 1.165) is 49.5 Å². The van der Waals surface area contributed by atoms with Crippen LogP contribution in [0.2, 0.25) is 0 Å². The predicted molar refractivity (Wildman–Crippen MR) is 124 cm³/mol. The summed E-state index contributed by atoms with van der Waals surface area (Å²) in [6.45, 7) is 5.00. The number of morpholine rings is 1. The Balaban J connectivity index is 1.08. The summed E-state index contributed by atoms with van der Waals surface area (Å²) in [6, 6.07) is 14.6. The van der Waals surface area contributed by atoms with E-state index in [2.05, 4.69) is 9.88 Å². The number of aromatic nitrogens is 1. The lowest BCUT2D eigenvalue weighted by Gasteiger charge is -2.30. The Morgan fingerprint density at radius 2 is 1.70 bits per heavy atom. The molecule has 2 aromatic carbocycles. The van der Waals surface area contributed by atoms with E-state index in [0.29, 0.717) is 44.6 Å². The highest BCUT2D eigenvalue weighted by Crippen LogP contribution is 2.30. The first-order valence-electron chi connectivity index (χ1n) is 11.5. The smallest absolute Gasteiger partial charge is 0.243 e. The molecule has 3 aromatic rings. The third-order valence-corrected chi connectivity index (χ3v) is 8.27. The van der Waals surface area contributed by atoms with E-state index in [1.807, 2.05) is 24.3 Å². The van der Waals surface area contributed by atoms with Gasteiger partial charge >= 0.3 is 0 Å². The third kappa shape index (κ3) is 5.06. The van der Waals surface area contributed by atoms with Gasteiger partial charge in [0.25, 0.3) is 0 Å². The molecule has 176 valence electrons. The van der Waals surface area contributed by atoms with Crippen molar-refractivity contribution in [2.45, 2.75) is 23.7 Å². The van der Waals surface area contributed by atoms with Gasteiger partial charge in [-0.15, -0.1) is 0 Å². The second-order valence-corrected chi connectivity index (χ2v) is 10.4. The SMILES string of the molecule is O=S(=O)(c1ccc(OCCN2CCC(c3nc4ccccc4o3)CC2)cc1)N1CCOCC1. The van der Waals surface area contributed by atoms with Crippen molar-refractivity contribution in [3.05, 3.63) is 54.4 Å². The van der Waals surface area contributed by atoms with Crippen molar-refractivity contribution >= 4 is 21.1 Å². The summed E-state index contributed by atoms with van der Waals surface area (Å²) in [4.78, 5) is 7.33. The van der Waals surface area contributed by atoms with Crippen LogP contribution in [0.1, 0.15) is 24.7 Å². The van der Waals surface area contributed by atoms with Crippen molar-refractivity contribution in [2.24, 2.45) is 0 Å². The Morgan fingerprint density at radius 3 is 2.42 bits per heavy atom. The van der Waals surface area contributed by atoms with Crippen LogP contribution in [0, 0.1) is 0 Å². The van der Waals surface area contributed by atoms with E-state index < -0.39 is 10.0 Å². The van der Waals surface area contributed by atoms with Crippen LogP contribution >= 0.6 is 0 Å². The van der Waals surface area contributed by atoms with Crippen LogP contribution in [0.15, 0.2) is 57.8 Å². The minimum atomic E-state index is -3.48. The number of para-hydroxylation sites is 2. The van der Waals surface area contributed by atoms with Gasteiger partial charge in [-0.05, 0) is 62.3 Å². The van der Waals surface area contributed by atoms with Crippen molar-refractivity contribution in [1.82, 2.24) is 14.2 Å². The molecule has 3 heterocycles. The summed E-state index contributed by atoms with van der Waals surface area (Å²) >= 11 is 0. The molecule has 0 atom stereocenters. The summed E-state index contributed by atoms with van der Waals surface area (Å²) in [5.74, 6) is 1.88. The van der Waals surface area contributed by atoms with Crippen molar-refractivity contribution in [3.8, 4) is 5.75 Å². The van der Waals surface area contributed by atoms with Crippen LogP contribution in [0.4, 0.5) is 0 Å². The number of benzene rings is 2. The number of rotatable bonds is 7. The Morgan fingerprint density at radius 1 is 0.970 bits per heavy atom. The number of fused-ring (bicyclic) bond motifs is 1. The zero-order chi connectivity index (χ0) is 22.7. The van der Waals surface area contributed by atoms with E-state index in [9.17, 15) is 8.42 Å². The number of likely N-dealkylation sites (tertiary alicyclic amines) is 1. The molecule has 0 radical (unpaired) electrons. The Kier molecular flexibility index (Phi) is 6.64. The van der Waals surface area contributed by atoms with Gasteiger partial charge in [-0.2, -0.15) is 4.31 Å². The van der Waals surface area contributed by atoms with E-state index in [1.165, 1.54) is 4.31 Å². The molecule has 33 heavy (non-hydrogen) atoms. The molecule has 0 bridgehead atoms. The van der Waals surface area contributed by atoms with Gasteiger partial charge < -0.3 is 13.9 Å². The van der Waals surface area contributed by atoms with Crippen molar-refractivity contribution < 1.29 is 22.3 Å². The van der Waals surface area contributed by atoms with Crippen molar-refractivity contribution in [1.29, 1.82) is 0 Å². The molecular formula is C24H29N3O5S. The van der Waals surface area contributed by atoms with Gasteiger partial charge in [0.1, 0.15) is 17.9 Å². The first kappa shape index (κ1) is 22.3. The van der Waals surface area contributed by atoms with Gasteiger partial charge in [-0.25, -0.2) is 13.4 Å². The van der Waals surface area contributed by atoms with Crippen molar-refractivity contribution in [2.75, 3.05) is 52.5 Å². The summed E-state index contributed by atoms with van der Waals surface area (Å²) in [7, 11) is -3.48. The van der Waals surface area contributed by atoms with Gasteiger partial charge in [0.2, 0.25) is 10.0 Å². The van der Waals surface area contributed by atoms with Crippen LogP contribution < -0.4 is 4.74 Å². The average molecular weight is 472 g/mol. The lowest BCUT2D eigenvalue weighted by Crippen LogP contribution is -2.40. The largest absolute Gasteiger partial charge is 0.492 e. The average Bonchev–Trinajstić information content (AvgIpc) is 3.30. The second kappa shape index (κ2) is 9.80. The molecule has 0 aliphatic carbocycles. The highest BCUT2D eigenvalue weighted by atomic mass is 32.2.